The van der Waals surface area contributed by atoms with Gasteiger partial charge in [0.25, 0.3) is 5.91 Å². The maximum Gasteiger partial charge on any atom is 0.255 e. The molecule has 2 aliphatic rings. The molecular weight excluding hydrogens is 412 g/mol. The number of hydrogen-bond donors (Lipinski definition) is 1. The molecule has 1 fully saturated rings. The summed E-state index contributed by atoms with van der Waals surface area (Å²) in [5.41, 5.74) is 6.40. The fourth-order valence-corrected chi connectivity index (χ4v) is 5.00. The van der Waals surface area contributed by atoms with Crippen LogP contribution >= 0.6 is 11.6 Å². The number of rotatable bonds is 5. The van der Waals surface area contributed by atoms with Gasteiger partial charge in [0.15, 0.2) is 0 Å². The number of halogens is 1. The molecule has 7 nitrogen and oxygen atoms in total. The van der Waals surface area contributed by atoms with Gasteiger partial charge in [-0.25, -0.2) is 0 Å². The van der Waals surface area contributed by atoms with E-state index >= 15 is 0 Å². The normalized spacial score (nSPS) is 18.2. The molecule has 1 N–H and O–H groups in total. The van der Waals surface area contributed by atoms with Crippen molar-refractivity contribution in [3.05, 3.63) is 75.6 Å². The number of carbonyl (C=O) groups is 1. The van der Waals surface area contributed by atoms with E-state index in [1.807, 2.05) is 59.1 Å². The lowest BCUT2D eigenvalue weighted by Gasteiger charge is -2.26. The van der Waals surface area contributed by atoms with Crippen LogP contribution in [0.2, 0.25) is 5.02 Å². The molecule has 156 valence electrons. The highest BCUT2D eigenvalue weighted by Crippen LogP contribution is 2.45. The molecule has 0 radical (unpaired) electrons. The van der Waals surface area contributed by atoms with Crippen molar-refractivity contribution < 1.29 is 4.79 Å². The summed E-state index contributed by atoms with van der Waals surface area (Å²) in [5.74, 6) is 0.525. The first-order valence-corrected chi connectivity index (χ1v) is 10.9. The Morgan fingerprint density at radius 2 is 1.94 bits per heavy atom. The number of amides is 1. The number of H-pyrrole nitrogens is 1. The molecule has 1 atom stereocenters. The molecule has 4 aromatic rings. The number of benzene rings is 2. The summed E-state index contributed by atoms with van der Waals surface area (Å²) in [6.07, 6.45) is 2.93. The Hall–Kier alpha value is -3.19. The first kappa shape index (κ1) is 18.6. The molecule has 8 heteroatoms. The third-order valence-corrected chi connectivity index (χ3v) is 6.81. The van der Waals surface area contributed by atoms with Crippen LogP contribution in [-0.2, 0) is 20.0 Å². The van der Waals surface area contributed by atoms with Crippen LogP contribution < -0.4 is 0 Å². The number of carbonyl (C=O) groups excluding carboxylic acids is 1. The number of nitrogens with zero attached hydrogens (tertiary/aromatic N) is 5. The van der Waals surface area contributed by atoms with Crippen molar-refractivity contribution in [1.82, 2.24) is 30.1 Å². The topological polar surface area (TPSA) is 79.7 Å². The summed E-state index contributed by atoms with van der Waals surface area (Å²) in [6.45, 7) is 0.492. The molecular formula is C23H21ClN6O. The third kappa shape index (κ3) is 3.03. The van der Waals surface area contributed by atoms with E-state index in [-0.39, 0.29) is 11.9 Å². The van der Waals surface area contributed by atoms with E-state index in [0.29, 0.717) is 18.9 Å². The number of hydrogen-bond acceptors (Lipinski definition) is 4. The quantitative estimate of drug-likeness (QED) is 0.513. The van der Waals surface area contributed by atoms with E-state index in [9.17, 15) is 4.79 Å². The average molecular weight is 433 g/mol. The SMILES string of the molecule is Cn1nc(C2CC2)c(Cl)c1CC1c2ccccc2C(=O)N1Cc1ccc2n[nH]nc2c1. The molecule has 0 bridgehead atoms. The van der Waals surface area contributed by atoms with Gasteiger partial charge >= 0.3 is 0 Å². The van der Waals surface area contributed by atoms with Crippen LogP contribution in [0.4, 0.5) is 0 Å². The van der Waals surface area contributed by atoms with E-state index in [2.05, 4.69) is 20.5 Å². The highest BCUT2D eigenvalue weighted by atomic mass is 35.5. The minimum atomic E-state index is -0.100. The number of aromatic amines is 1. The van der Waals surface area contributed by atoms with Crippen LogP contribution in [0.15, 0.2) is 42.5 Å². The second-order valence-corrected chi connectivity index (χ2v) is 8.81. The van der Waals surface area contributed by atoms with Crippen molar-refractivity contribution in [1.29, 1.82) is 0 Å². The first-order valence-electron chi connectivity index (χ1n) is 10.5. The zero-order chi connectivity index (χ0) is 21.1. The fraction of sp³-hybridized carbons (Fsp3) is 0.304. The van der Waals surface area contributed by atoms with E-state index in [1.165, 1.54) is 0 Å². The number of aryl methyl sites for hydroxylation is 1. The predicted octanol–water partition coefficient (Wildman–Crippen LogP) is 4.16. The predicted molar refractivity (Wildman–Crippen MR) is 117 cm³/mol. The van der Waals surface area contributed by atoms with Crippen molar-refractivity contribution in [2.24, 2.45) is 7.05 Å². The molecule has 1 aliphatic carbocycles. The highest BCUT2D eigenvalue weighted by molar-refractivity contribution is 6.32. The first-order chi connectivity index (χ1) is 15.1. The summed E-state index contributed by atoms with van der Waals surface area (Å²) in [4.78, 5) is 15.3. The van der Waals surface area contributed by atoms with Crippen LogP contribution in [0.5, 0.6) is 0 Å². The summed E-state index contributed by atoms with van der Waals surface area (Å²) in [5, 5.41) is 16.4. The molecule has 6 rings (SSSR count). The number of nitrogens with one attached hydrogen (secondary N) is 1. The van der Waals surface area contributed by atoms with Gasteiger partial charge in [0.05, 0.1) is 22.5 Å². The molecule has 3 heterocycles. The van der Waals surface area contributed by atoms with Gasteiger partial charge in [-0.1, -0.05) is 35.9 Å². The zero-order valence-corrected chi connectivity index (χ0v) is 17.8. The van der Waals surface area contributed by atoms with Crippen molar-refractivity contribution >= 4 is 28.5 Å². The van der Waals surface area contributed by atoms with Crippen LogP contribution in [0.3, 0.4) is 0 Å². The molecule has 1 amide bonds. The van der Waals surface area contributed by atoms with Crippen molar-refractivity contribution in [2.75, 3.05) is 0 Å². The van der Waals surface area contributed by atoms with E-state index in [1.54, 1.807) is 0 Å². The highest BCUT2D eigenvalue weighted by Gasteiger charge is 2.38. The summed E-state index contributed by atoms with van der Waals surface area (Å²) >= 11 is 6.76. The lowest BCUT2D eigenvalue weighted by Crippen LogP contribution is -2.29. The molecule has 1 aliphatic heterocycles. The fourth-order valence-electron chi connectivity index (χ4n) is 4.61. The second-order valence-electron chi connectivity index (χ2n) is 8.43. The molecule has 0 saturated heterocycles. The van der Waals surface area contributed by atoms with Gasteiger partial charge < -0.3 is 4.90 Å². The molecule has 31 heavy (non-hydrogen) atoms. The zero-order valence-electron chi connectivity index (χ0n) is 17.0. The Balaban J connectivity index is 1.37. The maximum atomic E-state index is 13.3. The van der Waals surface area contributed by atoms with Gasteiger partial charge in [-0.3, -0.25) is 9.48 Å². The smallest absolute Gasteiger partial charge is 0.255 e. The monoisotopic (exact) mass is 432 g/mol. The maximum absolute atomic E-state index is 13.3. The van der Waals surface area contributed by atoms with Gasteiger partial charge in [0.2, 0.25) is 0 Å². The lowest BCUT2D eigenvalue weighted by molar-refractivity contribution is 0.0708. The van der Waals surface area contributed by atoms with E-state index in [4.69, 9.17) is 11.6 Å². The Kier molecular flexibility index (Phi) is 4.14. The summed E-state index contributed by atoms with van der Waals surface area (Å²) in [6, 6.07) is 13.7. The molecule has 2 aromatic carbocycles. The summed E-state index contributed by atoms with van der Waals surface area (Å²) in [7, 11) is 1.94. The minimum Gasteiger partial charge on any atom is -0.327 e. The number of aromatic nitrogens is 5. The molecule has 1 saturated carbocycles. The average Bonchev–Trinajstić information content (AvgIpc) is 3.37. The van der Waals surface area contributed by atoms with Gasteiger partial charge in [0, 0.05) is 31.5 Å². The van der Waals surface area contributed by atoms with Gasteiger partial charge in [-0.2, -0.15) is 20.5 Å². The van der Waals surface area contributed by atoms with Crippen molar-refractivity contribution in [3.8, 4) is 0 Å². The van der Waals surface area contributed by atoms with E-state index < -0.39 is 0 Å². The van der Waals surface area contributed by atoms with Crippen molar-refractivity contribution in [2.45, 2.75) is 37.8 Å². The second kappa shape index (κ2) is 6.92. The Bertz CT molecular complexity index is 1320. The molecule has 0 spiro atoms. The van der Waals surface area contributed by atoms with Crippen LogP contribution in [0.25, 0.3) is 11.0 Å². The van der Waals surface area contributed by atoms with Crippen LogP contribution in [0, 0.1) is 0 Å². The number of fused-ring (bicyclic) bond motifs is 2. The summed E-state index contributed by atoms with van der Waals surface area (Å²) < 4.78 is 1.89. The lowest BCUT2D eigenvalue weighted by atomic mass is 10.00. The third-order valence-electron chi connectivity index (χ3n) is 6.40. The van der Waals surface area contributed by atoms with Gasteiger partial charge in [-0.05, 0) is 42.2 Å². The Labute approximate surface area is 184 Å². The molecule has 2 aromatic heterocycles. The van der Waals surface area contributed by atoms with E-state index in [0.717, 1.165) is 57.0 Å². The standard InChI is InChI=1S/C23H21ClN6O/c1-29-20(21(24)22(27-29)14-7-8-14)11-19-15-4-2-3-5-16(15)23(31)30(19)12-13-6-9-17-18(10-13)26-28-25-17/h2-6,9-10,14,19H,7-8,11-12H2,1H3,(H,25,26,28). The minimum absolute atomic E-state index is 0.0431. The van der Waals surface area contributed by atoms with Gasteiger partial charge in [0.1, 0.15) is 11.0 Å². The van der Waals surface area contributed by atoms with Crippen LogP contribution in [0.1, 0.15) is 57.7 Å². The Morgan fingerprint density at radius 1 is 1.13 bits per heavy atom. The molecule has 1 unspecified atom stereocenters. The van der Waals surface area contributed by atoms with Crippen LogP contribution in [-0.4, -0.2) is 36.0 Å². The Morgan fingerprint density at radius 3 is 2.77 bits per heavy atom. The largest absolute Gasteiger partial charge is 0.327 e. The van der Waals surface area contributed by atoms with Gasteiger partial charge in [-0.15, -0.1) is 0 Å². The van der Waals surface area contributed by atoms with Crippen molar-refractivity contribution in [3.63, 3.8) is 0 Å².